The van der Waals surface area contributed by atoms with Gasteiger partial charge >= 0.3 is 10.4 Å². The van der Waals surface area contributed by atoms with E-state index in [9.17, 15) is 5.11 Å². The van der Waals surface area contributed by atoms with Crippen molar-refractivity contribution in [1.29, 1.82) is 0 Å². The Morgan fingerprint density at radius 2 is 1.74 bits per heavy atom. The molecule has 3 nitrogen and oxygen atoms in total. The predicted octanol–water partition coefficient (Wildman–Crippen LogP) is 2.30. The Kier molecular flexibility index (Phi) is 5.26. The molecule has 1 aromatic carbocycles. The molecule has 1 heterocycles. The molecule has 4 heteroatoms. The fourth-order valence-corrected chi connectivity index (χ4v) is 4.41. The largest absolute Gasteiger partial charge is 0.449 e. The van der Waals surface area contributed by atoms with Crippen molar-refractivity contribution in [1.82, 2.24) is 4.90 Å². The van der Waals surface area contributed by atoms with E-state index in [0.717, 1.165) is 55.3 Å². The van der Waals surface area contributed by atoms with Crippen LogP contribution in [0.4, 0.5) is 0 Å². The summed E-state index contributed by atoms with van der Waals surface area (Å²) < 4.78 is 0.906. The van der Waals surface area contributed by atoms with Crippen LogP contribution in [0, 0.1) is 5.92 Å². The second-order valence-electron chi connectivity index (χ2n) is 7.74. The quantitative estimate of drug-likeness (QED) is 0.857. The van der Waals surface area contributed by atoms with Crippen LogP contribution in [0.5, 0.6) is 0 Å². The molecular formula is C19H30N2OSi+. The highest BCUT2D eigenvalue weighted by atomic mass is 28.2. The molecule has 0 spiro atoms. The molecule has 1 saturated heterocycles. The summed E-state index contributed by atoms with van der Waals surface area (Å²) in [5.41, 5.74) is 0.404. The smallest absolute Gasteiger partial charge is 0.384 e. The van der Waals surface area contributed by atoms with Gasteiger partial charge in [-0.3, -0.25) is 4.90 Å². The van der Waals surface area contributed by atoms with Crippen molar-refractivity contribution in [2.45, 2.75) is 37.7 Å². The lowest BCUT2D eigenvalue weighted by Crippen LogP contribution is -2.58. The van der Waals surface area contributed by atoms with E-state index < -0.39 is 5.60 Å². The molecular weight excluding hydrogens is 300 g/mol. The molecule has 1 saturated carbocycles. The lowest BCUT2D eigenvalue weighted by atomic mass is 9.73. The predicted molar refractivity (Wildman–Crippen MR) is 95.0 cm³/mol. The van der Waals surface area contributed by atoms with Gasteiger partial charge in [-0.05, 0) is 24.3 Å². The maximum atomic E-state index is 11.7. The minimum atomic E-state index is -0.700. The van der Waals surface area contributed by atoms with Crippen LogP contribution in [0.2, 0.25) is 0 Å². The van der Waals surface area contributed by atoms with Crippen molar-refractivity contribution >= 4 is 10.4 Å². The van der Waals surface area contributed by atoms with E-state index in [1.54, 1.807) is 0 Å². The van der Waals surface area contributed by atoms with Crippen LogP contribution >= 0.6 is 0 Å². The summed E-state index contributed by atoms with van der Waals surface area (Å²) in [6.07, 6.45) is 6.16. The highest BCUT2D eigenvalue weighted by Crippen LogP contribution is 2.40. The molecule has 2 aliphatic rings. The highest BCUT2D eigenvalue weighted by Gasteiger charge is 2.41. The van der Waals surface area contributed by atoms with Crippen LogP contribution in [0.3, 0.4) is 0 Å². The van der Waals surface area contributed by atoms with Gasteiger partial charge in [-0.1, -0.05) is 49.6 Å². The third kappa shape index (κ3) is 4.05. The number of hydrogen-bond acceptors (Lipinski definition) is 2. The monoisotopic (exact) mass is 330 g/mol. The fraction of sp³-hybridized carbons (Fsp3) is 0.684. The first kappa shape index (κ1) is 17.2. The Hall–Kier alpha value is -0.683. The van der Waals surface area contributed by atoms with E-state index in [2.05, 4.69) is 46.6 Å². The van der Waals surface area contributed by atoms with Crippen molar-refractivity contribution < 1.29 is 9.26 Å². The number of quaternary nitrogens is 1. The zero-order chi connectivity index (χ0) is 16.3. The average Bonchev–Trinajstić information content (AvgIpc) is 2.58. The summed E-state index contributed by atoms with van der Waals surface area (Å²) in [4.78, 5) is 2.46. The average molecular weight is 331 g/mol. The van der Waals surface area contributed by atoms with Crippen molar-refractivity contribution in [3.63, 3.8) is 0 Å². The Bertz CT molecular complexity index is 491. The van der Waals surface area contributed by atoms with Crippen molar-refractivity contribution in [2.75, 3.05) is 39.8 Å². The van der Waals surface area contributed by atoms with Gasteiger partial charge in [-0.25, -0.2) is 0 Å². The normalized spacial score (nSPS) is 25.9. The number of nitrogens with zero attached hydrogens (tertiary/aromatic N) is 2. The molecule has 3 rings (SSSR count). The Labute approximate surface area is 144 Å². The number of piperazine rings is 1. The van der Waals surface area contributed by atoms with Gasteiger partial charge in [0.1, 0.15) is 5.60 Å². The highest BCUT2D eigenvalue weighted by molar-refractivity contribution is 5.97. The van der Waals surface area contributed by atoms with Gasteiger partial charge in [0.15, 0.2) is 0 Å². The molecule has 0 amide bonds. The molecule has 1 aliphatic carbocycles. The van der Waals surface area contributed by atoms with Crippen molar-refractivity contribution in [3.8, 4) is 0 Å². The molecule has 1 atom stereocenters. The number of rotatable bonds is 4. The minimum absolute atomic E-state index is 0.393. The van der Waals surface area contributed by atoms with Crippen LogP contribution in [-0.2, 0) is 5.60 Å². The van der Waals surface area contributed by atoms with Gasteiger partial charge in [0.25, 0.3) is 0 Å². The molecule has 3 radical (unpaired) electrons. The zero-order valence-electron chi connectivity index (χ0n) is 14.4. The Morgan fingerprint density at radius 1 is 1.13 bits per heavy atom. The lowest BCUT2D eigenvalue weighted by Gasteiger charge is -2.45. The third-order valence-corrected chi connectivity index (χ3v) is 6.29. The van der Waals surface area contributed by atoms with Crippen LogP contribution in [0.25, 0.3) is 0 Å². The van der Waals surface area contributed by atoms with Crippen molar-refractivity contribution in [3.05, 3.63) is 35.9 Å². The van der Waals surface area contributed by atoms with Gasteiger partial charge in [0, 0.05) is 19.6 Å². The topological polar surface area (TPSA) is 23.5 Å². The van der Waals surface area contributed by atoms with Crippen LogP contribution in [-0.4, -0.2) is 64.3 Å². The number of aliphatic hydroxyl groups is 1. The van der Waals surface area contributed by atoms with E-state index in [4.69, 9.17) is 0 Å². The van der Waals surface area contributed by atoms with Crippen LogP contribution in [0.1, 0.15) is 37.7 Å². The first-order chi connectivity index (χ1) is 11.0. The van der Waals surface area contributed by atoms with Gasteiger partial charge in [0.05, 0.1) is 20.1 Å². The summed E-state index contributed by atoms with van der Waals surface area (Å²) in [6.45, 7) is 5.04. The second-order valence-corrected chi connectivity index (χ2v) is 8.82. The summed E-state index contributed by atoms with van der Waals surface area (Å²) in [5, 5.41) is 11.7. The summed E-state index contributed by atoms with van der Waals surface area (Å²) in [7, 11) is 6.04. The molecule has 23 heavy (non-hydrogen) atoms. The molecule has 0 bridgehead atoms. The van der Waals surface area contributed by atoms with Gasteiger partial charge in [-0.2, -0.15) is 0 Å². The molecule has 1 unspecified atom stereocenters. The molecule has 1 N–H and O–H groups in total. The molecule has 0 aromatic heterocycles. The Balaban J connectivity index is 1.78. The second kappa shape index (κ2) is 7.05. The van der Waals surface area contributed by atoms with Gasteiger partial charge < -0.3 is 9.26 Å². The number of benzene rings is 1. The van der Waals surface area contributed by atoms with E-state index in [-0.39, 0.29) is 0 Å². The van der Waals surface area contributed by atoms with E-state index >= 15 is 0 Å². The van der Waals surface area contributed by atoms with E-state index in [1.807, 2.05) is 6.07 Å². The molecule has 1 aromatic rings. The minimum Gasteiger partial charge on any atom is -0.384 e. The SMILES string of the molecule is C[N+]1([Si])CCN(CC(O)(c2ccccc2)C2CCCCC2)CC1. The van der Waals surface area contributed by atoms with Gasteiger partial charge in [0.2, 0.25) is 0 Å². The summed E-state index contributed by atoms with van der Waals surface area (Å²) >= 11 is 0. The maximum absolute atomic E-state index is 11.7. The number of likely N-dealkylation sites (N-methyl/N-ethyl adjacent to an activating group) is 1. The maximum Gasteiger partial charge on any atom is 0.449 e. The Morgan fingerprint density at radius 3 is 2.35 bits per heavy atom. The zero-order valence-corrected chi connectivity index (χ0v) is 15.4. The van der Waals surface area contributed by atoms with Crippen LogP contribution < -0.4 is 0 Å². The van der Waals surface area contributed by atoms with E-state index in [0.29, 0.717) is 5.92 Å². The summed E-state index contributed by atoms with van der Waals surface area (Å²) in [5.74, 6) is 0.393. The van der Waals surface area contributed by atoms with E-state index in [1.165, 1.54) is 19.3 Å². The first-order valence-corrected chi connectivity index (χ1v) is 9.54. The molecule has 125 valence electrons. The van der Waals surface area contributed by atoms with Crippen molar-refractivity contribution in [2.24, 2.45) is 5.92 Å². The number of β-amino-alcohol motifs (C(OH)–C–C–N with tert-alkyl or cyclic N) is 1. The first-order valence-electron chi connectivity index (χ1n) is 9.09. The fourth-order valence-electron chi connectivity index (χ4n) is 4.21. The van der Waals surface area contributed by atoms with Crippen LogP contribution in [0.15, 0.2) is 30.3 Å². The number of hydrogen-bond donors (Lipinski definition) is 1. The molecule has 2 fully saturated rings. The lowest BCUT2D eigenvalue weighted by molar-refractivity contribution is -0.801. The standard InChI is InChI=1S/C19H30N2OSi/c1-21(23)14-12-20(13-15-21)16-19(22,17-8-4-2-5-9-17)18-10-6-3-7-11-18/h2,4-5,8-9,18,22H,3,6-7,10-16H2,1H3/q+1. The molecule has 1 aliphatic heterocycles. The summed E-state index contributed by atoms with van der Waals surface area (Å²) in [6, 6.07) is 10.4. The third-order valence-electron chi connectivity index (χ3n) is 5.84. The van der Waals surface area contributed by atoms with Gasteiger partial charge in [-0.15, -0.1) is 0 Å².